The summed E-state index contributed by atoms with van der Waals surface area (Å²) in [6.45, 7) is 5.97. The Morgan fingerprint density at radius 1 is 1.30 bits per heavy atom. The van der Waals surface area contributed by atoms with Crippen LogP contribution in [0.5, 0.6) is 5.75 Å². The Labute approximate surface area is 137 Å². The summed E-state index contributed by atoms with van der Waals surface area (Å²) >= 11 is 0. The van der Waals surface area contributed by atoms with Crippen molar-refractivity contribution in [1.82, 2.24) is 15.3 Å². The van der Waals surface area contributed by atoms with Gasteiger partial charge in [0.2, 0.25) is 11.7 Å². The van der Waals surface area contributed by atoms with Crippen LogP contribution in [0.1, 0.15) is 32.6 Å². The maximum atomic E-state index is 6.03. The van der Waals surface area contributed by atoms with E-state index in [9.17, 15) is 0 Å². The Kier molecular flexibility index (Phi) is 3.88. The van der Waals surface area contributed by atoms with E-state index in [0.717, 1.165) is 49.9 Å². The van der Waals surface area contributed by atoms with Crippen molar-refractivity contribution in [2.24, 2.45) is 5.92 Å². The minimum absolute atomic E-state index is 0.314. The summed E-state index contributed by atoms with van der Waals surface area (Å²) in [7, 11) is 0. The first kappa shape index (κ1) is 14.8. The highest BCUT2D eigenvalue weighted by Gasteiger charge is 2.37. The van der Waals surface area contributed by atoms with Gasteiger partial charge in [-0.1, -0.05) is 6.92 Å². The SMILES string of the molecule is CCC1CCOc2c(nc(N)nc2N2C[C@H]3CCCN[C@H]3C2)N1. The maximum absolute atomic E-state index is 6.03. The first-order valence-corrected chi connectivity index (χ1v) is 8.79. The molecule has 0 amide bonds. The Balaban J connectivity index is 1.65. The van der Waals surface area contributed by atoms with E-state index in [1.165, 1.54) is 12.8 Å². The smallest absolute Gasteiger partial charge is 0.224 e. The Morgan fingerprint density at radius 2 is 2.22 bits per heavy atom. The molecule has 0 radical (unpaired) electrons. The van der Waals surface area contributed by atoms with Crippen molar-refractivity contribution in [3.63, 3.8) is 0 Å². The molecule has 2 saturated heterocycles. The number of aromatic nitrogens is 2. The molecule has 3 aliphatic rings. The van der Waals surface area contributed by atoms with E-state index in [4.69, 9.17) is 10.5 Å². The van der Waals surface area contributed by atoms with Crippen LogP contribution in [0.2, 0.25) is 0 Å². The van der Waals surface area contributed by atoms with Crippen molar-refractivity contribution in [1.29, 1.82) is 0 Å². The molecule has 126 valence electrons. The number of hydrogen-bond donors (Lipinski definition) is 3. The number of nitrogens with one attached hydrogen (secondary N) is 2. The fraction of sp³-hybridized carbons (Fsp3) is 0.750. The van der Waals surface area contributed by atoms with Crippen LogP contribution in [0.4, 0.5) is 17.6 Å². The molecule has 0 saturated carbocycles. The molecule has 23 heavy (non-hydrogen) atoms. The molecule has 1 aromatic heterocycles. The lowest BCUT2D eigenvalue weighted by molar-refractivity contribution is 0.310. The predicted octanol–water partition coefficient (Wildman–Crippen LogP) is 1.22. The van der Waals surface area contributed by atoms with Crippen molar-refractivity contribution in [3.8, 4) is 5.75 Å². The first-order chi connectivity index (χ1) is 11.2. The van der Waals surface area contributed by atoms with Crippen molar-refractivity contribution < 1.29 is 4.74 Å². The van der Waals surface area contributed by atoms with Crippen LogP contribution in [0.3, 0.4) is 0 Å². The monoisotopic (exact) mass is 318 g/mol. The second-order valence-corrected chi connectivity index (χ2v) is 6.84. The van der Waals surface area contributed by atoms with Crippen LogP contribution in [0.15, 0.2) is 0 Å². The molecule has 7 heteroatoms. The highest BCUT2D eigenvalue weighted by atomic mass is 16.5. The predicted molar refractivity (Wildman–Crippen MR) is 91.0 cm³/mol. The lowest BCUT2D eigenvalue weighted by Gasteiger charge is -2.24. The van der Waals surface area contributed by atoms with E-state index in [1.807, 2.05) is 0 Å². The number of ether oxygens (including phenoxy) is 1. The van der Waals surface area contributed by atoms with E-state index in [0.29, 0.717) is 30.6 Å². The van der Waals surface area contributed by atoms with Gasteiger partial charge in [0.1, 0.15) is 0 Å². The topological polar surface area (TPSA) is 88.3 Å². The third-order valence-electron chi connectivity index (χ3n) is 5.31. The summed E-state index contributed by atoms with van der Waals surface area (Å²) < 4.78 is 6.03. The van der Waals surface area contributed by atoms with Crippen LogP contribution in [0.25, 0.3) is 0 Å². The molecule has 4 N–H and O–H groups in total. The van der Waals surface area contributed by atoms with E-state index >= 15 is 0 Å². The first-order valence-electron chi connectivity index (χ1n) is 8.79. The summed E-state index contributed by atoms with van der Waals surface area (Å²) in [5.74, 6) is 3.38. The van der Waals surface area contributed by atoms with Crippen LogP contribution in [-0.4, -0.2) is 48.3 Å². The lowest BCUT2D eigenvalue weighted by Crippen LogP contribution is -2.40. The van der Waals surface area contributed by atoms with E-state index in [-0.39, 0.29) is 0 Å². The van der Waals surface area contributed by atoms with Gasteiger partial charge in [-0.25, -0.2) is 0 Å². The number of nitrogens with zero attached hydrogens (tertiary/aromatic N) is 3. The minimum Gasteiger partial charge on any atom is -0.486 e. The normalized spacial score (nSPS) is 30.0. The molecule has 1 unspecified atom stereocenters. The number of hydrogen-bond acceptors (Lipinski definition) is 7. The zero-order valence-electron chi connectivity index (χ0n) is 13.7. The van der Waals surface area contributed by atoms with Crippen molar-refractivity contribution in [2.75, 3.05) is 42.2 Å². The van der Waals surface area contributed by atoms with E-state index in [2.05, 4.69) is 32.4 Å². The fourth-order valence-corrected chi connectivity index (χ4v) is 4.00. The van der Waals surface area contributed by atoms with Gasteiger partial charge in [0.15, 0.2) is 11.6 Å². The molecule has 3 aliphatic heterocycles. The standard InChI is InChI=1S/C16H26N6O/c1-2-11-5-7-23-13-14(19-11)20-16(17)21-15(13)22-8-10-4-3-6-18-12(10)9-22/h10-12,18H,2-9H2,1H3,(H3,17,19,20,21)/t10-,11?,12+/m1/s1. The number of nitrogen functional groups attached to an aromatic ring is 1. The van der Waals surface area contributed by atoms with E-state index in [1.54, 1.807) is 0 Å². The summed E-state index contributed by atoms with van der Waals surface area (Å²) in [4.78, 5) is 11.2. The Hall–Kier alpha value is -1.76. The second kappa shape index (κ2) is 6.03. The van der Waals surface area contributed by atoms with Gasteiger partial charge >= 0.3 is 0 Å². The van der Waals surface area contributed by atoms with Crippen molar-refractivity contribution in [3.05, 3.63) is 0 Å². The summed E-state index contributed by atoms with van der Waals surface area (Å²) in [6.07, 6.45) is 4.56. The lowest BCUT2D eigenvalue weighted by atomic mass is 9.94. The van der Waals surface area contributed by atoms with Gasteiger partial charge in [-0.3, -0.25) is 0 Å². The number of rotatable bonds is 2. The third-order valence-corrected chi connectivity index (χ3v) is 5.31. The van der Waals surface area contributed by atoms with Gasteiger partial charge in [-0.2, -0.15) is 9.97 Å². The molecule has 0 spiro atoms. The molecule has 0 aromatic carbocycles. The number of anilines is 3. The quantitative estimate of drug-likeness (QED) is 0.755. The zero-order valence-corrected chi connectivity index (χ0v) is 13.7. The molecule has 0 aliphatic carbocycles. The van der Waals surface area contributed by atoms with Gasteiger partial charge in [0, 0.05) is 31.6 Å². The van der Waals surface area contributed by atoms with Gasteiger partial charge < -0.3 is 26.0 Å². The number of nitrogens with two attached hydrogens (primary N) is 1. The van der Waals surface area contributed by atoms with Gasteiger partial charge in [-0.05, 0) is 31.7 Å². The van der Waals surface area contributed by atoms with Gasteiger partial charge in [0.05, 0.1) is 6.61 Å². The van der Waals surface area contributed by atoms with Crippen molar-refractivity contribution >= 4 is 17.6 Å². The largest absolute Gasteiger partial charge is 0.486 e. The van der Waals surface area contributed by atoms with Crippen LogP contribution >= 0.6 is 0 Å². The molecule has 1 aromatic rings. The van der Waals surface area contributed by atoms with Crippen LogP contribution in [0, 0.1) is 5.92 Å². The number of piperidine rings is 1. The summed E-state index contributed by atoms with van der Waals surface area (Å²) in [5.41, 5.74) is 5.97. The zero-order chi connectivity index (χ0) is 15.8. The molecule has 0 bridgehead atoms. The average Bonchev–Trinajstić information content (AvgIpc) is 2.88. The molecule has 2 fully saturated rings. The van der Waals surface area contributed by atoms with Crippen LogP contribution in [-0.2, 0) is 0 Å². The van der Waals surface area contributed by atoms with Crippen molar-refractivity contribution in [2.45, 2.75) is 44.7 Å². The number of fused-ring (bicyclic) bond motifs is 2. The molecular formula is C16H26N6O. The summed E-state index contributed by atoms with van der Waals surface area (Å²) in [6, 6.07) is 0.930. The highest BCUT2D eigenvalue weighted by Crippen LogP contribution is 2.39. The fourth-order valence-electron chi connectivity index (χ4n) is 4.00. The maximum Gasteiger partial charge on any atom is 0.224 e. The molecule has 7 nitrogen and oxygen atoms in total. The molecule has 4 heterocycles. The Bertz CT molecular complexity index is 566. The van der Waals surface area contributed by atoms with Gasteiger partial charge in [0.25, 0.3) is 0 Å². The molecular weight excluding hydrogens is 292 g/mol. The van der Waals surface area contributed by atoms with Crippen LogP contribution < -0.4 is 26.0 Å². The molecule has 4 rings (SSSR count). The van der Waals surface area contributed by atoms with E-state index < -0.39 is 0 Å². The summed E-state index contributed by atoms with van der Waals surface area (Å²) in [5, 5.41) is 7.11. The van der Waals surface area contributed by atoms with Gasteiger partial charge in [-0.15, -0.1) is 0 Å². The second-order valence-electron chi connectivity index (χ2n) is 6.84. The third kappa shape index (κ3) is 2.78. The minimum atomic E-state index is 0.314. The Morgan fingerprint density at radius 3 is 3.04 bits per heavy atom. The average molecular weight is 318 g/mol. The highest BCUT2D eigenvalue weighted by molar-refractivity contribution is 5.68. The molecule has 3 atom stereocenters.